The zero-order chi connectivity index (χ0) is 15.4. The topological polar surface area (TPSA) is 35.5 Å². The smallest absolute Gasteiger partial charge is 0.349 e. The third-order valence-electron chi connectivity index (χ3n) is 2.60. The number of benzene rings is 2. The van der Waals surface area contributed by atoms with Crippen LogP contribution in [0, 0.1) is 6.92 Å². The van der Waals surface area contributed by atoms with Crippen molar-refractivity contribution in [1.82, 2.24) is 0 Å². The Hall–Kier alpha value is -1.42. The summed E-state index contributed by atoms with van der Waals surface area (Å²) in [6, 6.07) is 9.73. The summed E-state index contributed by atoms with van der Waals surface area (Å²) in [6.07, 6.45) is 0. The summed E-state index contributed by atoms with van der Waals surface area (Å²) in [5, 5.41) is 1.33. The Labute approximate surface area is 137 Å². The lowest BCUT2D eigenvalue weighted by Crippen LogP contribution is -2.18. The van der Waals surface area contributed by atoms with E-state index in [1.165, 1.54) is 12.1 Å². The summed E-state index contributed by atoms with van der Waals surface area (Å²) in [5.74, 6) is 0.245. The number of halogens is 3. The standard InChI is InChI=1S/C15H11Cl3O3/c1-9-6-10(16)2-4-13(9)20-8-15(19)21-14-5-3-11(17)7-12(14)18/h2-7H,8H2,1H3. The predicted molar refractivity (Wildman–Crippen MR) is 83.8 cm³/mol. The number of esters is 1. The second-order valence-corrected chi connectivity index (χ2v) is 5.53. The summed E-state index contributed by atoms with van der Waals surface area (Å²) in [5.41, 5.74) is 0.833. The molecule has 0 atom stereocenters. The Bertz CT molecular complexity index is 671. The van der Waals surface area contributed by atoms with Crippen LogP contribution in [-0.4, -0.2) is 12.6 Å². The molecule has 0 aliphatic heterocycles. The van der Waals surface area contributed by atoms with Crippen molar-refractivity contribution in [2.75, 3.05) is 6.61 Å². The number of hydrogen-bond donors (Lipinski definition) is 0. The molecule has 2 rings (SSSR count). The Kier molecular flexibility index (Phi) is 5.34. The van der Waals surface area contributed by atoms with Gasteiger partial charge in [-0.1, -0.05) is 34.8 Å². The van der Waals surface area contributed by atoms with E-state index < -0.39 is 5.97 Å². The van der Waals surface area contributed by atoms with Crippen LogP contribution in [0.5, 0.6) is 11.5 Å². The SMILES string of the molecule is Cc1cc(Cl)ccc1OCC(=O)Oc1ccc(Cl)cc1Cl. The molecule has 6 heteroatoms. The van der Waals surface area contributed by atoms with Crippen LogP contribution in [0.2, 0.25) is 15.1 Å². The van der Waals surface area contributed by atoms with E-state index in [1.807, 2.05) is 6.92 Å². The van der Waals surface area contributed by atoms with Crippen LogP contribution in [0.4, 0.5) is 0 Å². The Morgan fingerprint density at radius 1 is 1.00 bits per heavy atom. The maximum Gasteiger partial charge on any atom is 0.349 e. The first-order valence-corrected chi connectivity index (χ1v) is 7.14. The van der Waals surface area contributed by atoms with Gasteiger partial charge in [-0.3, -0.25) is 0 Å². The second-order valence-electron chi connectivity index (χ2n) is 4.25. The second kappa shape index (κ2) is 7.03. The molecular formula is C15H11Cl3O3. The maximum absolute atomic E-state index is 11.7. The summed E-state index contributed by atoms with van der Waals surface area (Å²) in [7, 11) is 0. The molecule has 0 unspecified atom stereocenters. The van der Waals surface area contributed by atoms with Crippen LogP contribution in [0.3, 0.4) is 0 Å². The molecule has 0 N–H and O–H groups in total. The molecule has 0 aromatic heterocycles. The molecule has 110 valence electrons. The average Bonchev–Trinajstić information content (AvgIpc) is 2.41. The monoisotopic (exact) mass is 344 g/mol. The summed E-state index contributed by atoms with van der Waals surface area (Å²) in [4.78, 5) is 11.7. The highest BCUT2D eigenvalue weighted by Crippen LogP contribution is 2.27. The van der Waals surface area contributed by atoms with Crippen LogP contribution in [0.1, 0.15) is 5.56 Å². The first-order valence-electron chi connectivity index (χ1n) is 6.00. The third-order valence-corrected chi connectivity index (χ3v) is 3.37. The quantitative estimate of drug-likeness (QED) is 0.581. The molecule has 3 nitrogen and oxygen atoms in total. The van der Waals surface area contributed by atoms with E-state index in [9.17, 15) is 4.79 Å². The fourth-order valence-corrected chi connectivity index (χ4v) is 2.30. The van der Waals surface area contributed by atoms with E-state index in [4.69, 9.17) is 44.3 Å². The minimum atomic E-state index is -0.562. The molecule has 0 aliphatic carbocycles. The first-order chi connectivity index (χ1) is 9.95. The van der Waals surface area contributed by atoms with Gasteiger partial charge in [-0.05, 0) is 48.9 Å². The zero-order valence-corrected chi connectivity index (χ0v) is 13.3. The minimum absolute atomic E-state index is 0.235. The van der Waals surface area contributed by atoms with E-state index in [1.54, 1.807) is 24.3 Å². The van der Waals surface area contributed by atoms with Crippen molar-refractivity contribution in [2.45, 2.75) is 6.92 Å². The van der Waals surface area contributed by atoms with Crippen molar-refractivity contribution in [3.63, 3.8) is 0 Å². The normalized spacial score (nSPS) is 10.3. The Morgan fingerprint density at radius 3 is 2.24 bits per heavy atom. The highest BCUT2D eigenvalue weighted by molar-refractivity contribution is 6.35. The molecule has 0 fully saturated rings. The van der Waals surface area contributed by atoms with Gasteiger partial charge < -0.3 is 9.47 Å². The van der Waals surface area contributed by atoms with Crippen molar-refractivity contribution in [1.29, 1.82) is 0 Å². The van der Waals surface area contributed by atoms with E-state index in [0.29, 0.717) is 15.8 Å². The van der Waals surface area contributed by atoms with Gasteiger partial charge in [0.25, 0.3) is 0 Å². The fourth-order valence-electron chi connectivity index (χ4n) is 1.62. The summed E-state index contributed by atoms with van der Waals surface area (Å²) < 4.78 is 10.5. The molecule has 0 heterocycles. The van der Waals surface area contributed by atoms with Crippen LogP contribution in [-0.2, 0) is 4.79 Å². The van der Waals surface area contributed by atoms with Gasteiger partial charge in [-0.15, -0.1) is 0 Å². The Morgan fingerprint density at radius 2 is 1.62 bits per heavy atom. The summed E-state index contributed by atoms with van der Waals surface area (Å²) in [6.45, 7) is 1.60. The van der Waals surface area contributed by atoms with Crippen molar-refractivity contribution >= 4 is 40.8 Å². The average molecular weight is 346 g/mol. The van der Waals surface area contributed by atoms with E-state index in [2.05, 4.69) is 0 Å². The third kappa shape index (κ3) is 4.53. The lowest BCUT2D eigenvalue weighted by atomic mass is 10.2. The Balaban J connectivity index is 1.96. The molecular weight excluding hydrogens is 335 g/mol. The molecule has 0 saturated carbocycles. The van der Waals surface area contributed by atoms with E-state index in [0.717, 1.165) is 5.56 Å². The molecule has 0 bridgehead atoms. The van der Waals surface area contributed by atoms with Gasteiger partial charge in [0, 0.05) is 10.0 Å². The predicted octanol–water partition coefficient (Wildman–Crippen LogP) is 4.94. The van der Waals surface area contributed by atoms with Crippen LogP contribution >= 0.6 is 34.8 Å². The lowest BCUT2D eigenvalue weighted by molar-refractivity contribution is -0.136. The molecule has 0 aliphatic rings. The van der Waals surface area contributed by atoms with Crippen molar-refractivity contribution in [2.24, 2.45) is 0 Å². The number of hydrogen-bond acceptors (Lipinski definition) is 3. The largest absolute Gasteiger partial charge is 0.482 e. The lowest BCUT2D eigenvalue weighted by Gasteiger charge is -2.10. The van der Waals surface area contributed by atoms with Gasteiger partial charge in [0.1, 0.15) is 11.5 Å². The number of carbonyl (C=O) groups is 1. The van der Waals surface area contributed by atoms with Crippen molar-refractivity contribution in [3.8, 4) is 11.5 Å². The van der Waals surface area contributed by atoms with Gasteiger partial charge >= 0.3 is 5.97 Å². The highest BCUT2D eigenvalue weighted by Gasteiger charge is 2.10. The van der Waals surface area contributed by atoms with Gasteiger partial charge in [0.15, 0.2) is 6.61 Å². The van der Waals surface area contributed by atoms with Gasteiger partial charge in [-0.2, -0.15) is 0 Å². The first kappa shape index (κ1) is 16.0. The van der Waals surface area contributed by atoms with Crippen LogP contribution < -0.4 is 9.47 Å². The van der Waals surface area contributed by atoms with Crippen molar-refractivity contribution < 1.29 is 14.3 Å². The molecule has 21 heavy (non-hydrogen) atoms. The molecule has 2 aromatic rings. The highest BCUT2D eigenvalue weighted by atomic mass is 35.5. The van der Waals surface area contributed by atoms with Gasteiger partial charge in [0.2, 0.25) is 0 Å². The van der Waals surface area contributed by atoms with E-state index >= 15 is 0 Å². The fraction of sp³-hybridized carbons (Fsp3) is 0.133. The molecule has 0 amide bonds. The molecule has 0 saturated heterocycles. The maximum atomic E-state index is 11.7. The number of rotatable bonds is 4. The number of aryl methyl sites for hydroxylation is 1. The zero-order valence-electron chi connectivity index (χ0n) is 11.0. The van der Waals surface area contributed by atoms with Crippen LogP contribution in [0.25, 0.3) is 0 Å². The van der Waals surface area contributed by atoms with E-state index in [-0.39, 0.29) is 17.4 Å². The molecule has 2 aromatic carbocycles. The molecule has 0 radical (unpaired) electrons. The van der Waals surface area contributed by atoms with Crippen molar-refractivity contribution in [3.05, 3.63) is 57.0 Å². The minimum Gasteiger partial charge on any atom is -0.482 e. The number of ether oxygens (including phenoxy) is 2. The molecule has 0 spiro atoms. The summed E-state index contributed by atoms with van der Waals surface area (Å²) >= 11 is 17.5. The van der Waals surface area contributed by atoms with Gasteiger partial charge in [0.05, 0.1) is 5.02 Å². The van der Waals surface area contributed by atoms with Gasteiger partial charge in [-0.25, -0.2) is 4.79 Å². The van der Waals surface area contributed by atoms with Crippen LogP contribution in [0.15, 0.2) is 36.4 Å². The number of carbonyl (C=O) groups excluding carboxylic acids is 1.